The minimum Gasteiger partial charge on any atom is -0.361 e. The molecule has 1 aromatic carbocycles. The molecule has 0 bridgehead atoms. The Kier molecular flexibility index (Phi) is 3.93. The fourth-order valence-electron chi connectivity index (χ4n) is 3.25. The third-order valence-electron chi connectivity index (χ3n) is 4.72. The summed E-state index contributed by atoms with van der Waals surface area (Å²) in [6, 6.07) is 7.17. The van der Waals surface area contributed by atoms with E-state index in [0.29, 0.717) is 17.2 Å². The Morgan fingerprint density at radius 2 is 2.15 bits per heavy atom. The lowest BCUT2D eigenvalue weighted by atomic mass is 9.97. The summed E-state index contributed by atoms with van der Waals surface area (Å²) >= 11 is 0. The molecule has 0 fully saturated rings. The van der Waals surface area contributed by atoms with Crippen molar-refractivity contribution in [2.24, 2.45) is 5.92 Å². The first-order valence-electron chi connectivity index (χ1n) is 8.25. The number of nitrogens with zero attached hydrogens (tertiary/aromatic N) is 3. The molecule has 0 unspecified atom stereocenters. The first-order valence-corrected chi connectivity index (χ1v) is 8.25. The molecule has 1 atom stereocenters. The van der Waals surface area contributed by atoms with Gasteiger partial charge in [-0.1, -0.05) is 0 Å². The highest BCUT2D eigenvalue weighted by molar-refractivity contribution is 5.97. The van der Waals surface area contributed by atoms with Crippen LogP contribution in [0.2, 0.25) is 0 Å². The molecule has 2 N–H and O–H groups in total. The van der Waals surface area contributed by atoms with Gasteiger partial charge < -0.3 is 14.9 Å². The number of nitrogens with one attached hydrogen (secondary N) is 2. The number of hydrogen-bond acceptors (Lipinski definition) is 3. The number of rotatable bonds is 3. The van der Waals surface area contributed by atoms with Crippen molar-refractivity contribution in [2.75, 3.05) is 0 Å². The average molecular weight is 363 g/mol. The van der Waals surface area contributed by atoms with Crippen LogP contribution in [0.1, 0.15) is 28.4 Å². The highest BCUT2D eigenvalue weighted by Crippen LogP contribution is 2.34. The highest BCUT2D eigenvalue weighted by Gasteiger charge is 2.42. The van der Waals surface area contributed by atoms with Crippen LogP contribution in [0, 0.1) is 5.92 Å². The smallest absolute Gasteiger partial charge is 0.361 e. The quantitative estimate of drug-likeness (QED) is 0.751. The number of halogens is 3. The second-order valence-corrected chi connectivity index (χ2v) is 6.38. The lowest BCUT2D eigenvalue weighted by Gasteiger charge is -2.25. The van der Waals surface area contributed by atoms with Gasteiger partial charge in [0.25, 0.3) is 5.91 Å². The molecule has 4 rings (SSSR count). The molecule has 1 amide bonds. The zero-order valence-electron chi connectivity index (χ0n) is 13.7. The van der Waals surface area contributed by atoms with Gasteiger partial charge in [0, 0.05) is 35.6 Å². The van der Waals surface area contributed by atoms with Gasteiger partial charge in [0.05, 0.1) is 12.5 Å². The van der Waals surface area contributed by atoms with Gasteiger partial charge in [0.1, 0.15) is 5.82 Å². The minimum absolute atomic E-state index is 0.000354. The fraction of sp³-hybridized carbons (Fsp3) is 0.353. The number of alkyl halides is 3. The number of aromatic nitrogens is 4. The molecular formula is C17H16F3N5O. The van der Waals surface area contributed by atoms with Crippen LogP contribution in [0.3, 0.4) is 0 Å². The van der Waals surface area contributed by atoms with Crippen molar-refractivity contribution in [3.63, 3.8) is 0 Å². The number of aromatic amines is 1. The Morgan fingerprint density at radius 3 is 2.96 bits per heavy atom. The van der Waals surface area contributed by atoms with Crippen LogP contribution in [-0.4, -0.2) is 31.8 Å². The van der Waals surface area contributed by atoms with E-state index in [1.165, 1.54) is 0 Å². The Balaban J connectivity index is 1.44. The van der Waals surface area contributed by atoms with Crippen molar-refractivity contribution in [1.29, 1.82) is 0 Å². The van der Waals surface area contributed by atoms with Gasteiger partial charge in [-0.15, -0.1) is 10.2 Å². The first-order chi connectivity index (χ1) is 12.4. The highest BCUT2D eigenvalue weighted by atomic mass is 19.4. The molecule has 2 aromatic heterocycles. The number of carbonyl (C=O) groups excluding carboxylic acids is 1. The second kappa shape index (κ2) is 6.15. The maximum atomic E-state index is 12.9. The Morgan fingerprint density at radius 1 is 1.31 bits per heavy atom. The van der Waals surface area contributed by atoms with E-state index >= 15 is 0 Å². The van der Waals surface area contributed by atoms with Gasteiger partial charge in [0.2, 0.25) is 0 Å². The molecule has 9 heteroatoms. The summed E-state index contributed by atoms with van der Waals surface area (Å²) in [6.45, 7) is 0.320. The zero-order chi connectivity index (χ0) is 18.3. The topological polar surface area (TPSA) is 75.6 Å². The number of hydrogen-bond donors (Lipinski definition) is 2. The lowest BCUT2D eigenvalue weighted by molar-refractivity contribution is -0.179. The van der Waals surface area contributed by atoms with Crippen LogP contribution in [0.4, 0.5) is 13.2 Å². The van der Waals surface area contributed by atoms with Gasteiger partial charge in [-0.25, -0.2) is 0 Å². The van der Waals surface area contributed by atoms with E-state index in [1.54, 1.807) is 22.9 Å². The maximum Gasteiger partial charge on any atom is 0.392 e. The normalized spacial score (nSPS) is 17.3. The zero-order valence-corrected chi connectivity index (χ0v) is 13.7. The van der Waals surface area contributed by atoms with Gasteiger partial charge in [-0.3, -0.25) is 4.79 Å². The van der Waals surface area contributed by atoms with Crippen molar-refractivity contribution in [3.05, 3.63) is 47.7 Å². The van der Waals surface area contributed by atoms with Crippen LogP contribution in [-0.2, 0) is 19.5 Å². The molecule has 1 aliphatic heterocycles. The van der Waals surface area contributed by atoms with Crippen LogP contribution < -0.4 is 5.32 Å². The largest absolute Gasteiger partial charge is 0.392 e. The minimum atomic E-state index is -4.22. The molecule has 1 aliphatic rings. The molecule has 26 heavy (non-hydrogen) atoms. The standard InChI is InChI=1S/C17H16F3N5O/c18-17(19,20)12-4-6-25-14(8-12)23-24-15(25)9-22-16(26)11-1-2-13-10(7-11)3-5-21-13/h1-3,5,7,12,21H,4,6,8-9H2,(H,22,26)/t12-/m1/s1. The fourth-order valence-corrected chi connectivity index (χ4v) is 3.25. The third kappa shape index (κ3) is 3.04. The second-order valence-electron chi connectivity index (χ2n) is 6.38. The van der Waals surface area contributed by atoms with E-state index < -0.39 is 12.1 Å². The number of amides is 1. The lowest BCUT2D eigenvalue weighted by Crippen LogP contribution is -2.32. The molecule has 3 aromatic rings. The number of fused-ring (bicyclic) bond motifs is 2. The van der Waals surface area contributed by atoms with Crippen molar-refractivity contribution in [3.8, 4) is 0 Å². The maximum absolute atomic E-state index is 12.9. The van der Waals surface area contributed by atoms with Crippen molar-refractivity contribution in [1.82, 2.24) is 25.1 Å². The molecule has 6 nitrogen and oxygen atoms in total. The number of carbonyl (C=O) groups is 1. The Bertz CT molecular complexity index is 959. The summed E-state index contributed by atoms with van der Waals surface area (Å²) in [6.07, 6.45) is -2.60. The molecule has 0 saturated heterocycles. The van der Waals surface area contributed by atoms with Gasteiger partial charge in [-0.05, 0) is 30.7 Å². The van der Waals surface area contributed by atoms with Crippen LogP contribution in [0.5, 0.6) is 0 Å². The number of benzene rings is 1. The van der Waals surface area contributed by atoms with E-state index in [4.69, 9.17) is 0 Å². The van der Waals surface area contributed by atoms with E-state index in [0.717, 1.165) is 10.9 Å². The molecule has 3 heterocycles. The monoisotopic (exact) mass is 363 g/mol. The molecule has 0 saturated carbocycles. The van der Waals surface area contributed by atoms with Crippen LogP contribution in [0.15, 0.2) is 30.5 Å². The molecule has 0 spiro atoms. The summed E-state index contributed by atoms with van der Waals surface area (Å²) in [5, 5.41) is 11.5. The summed E-state index contributed by atoms with van der Waals surface area (Å²) in [7, 11) is 0. The van der Waals surface area contributed by atoms with Crippen LogP contribution >= 0.6 is 0 Å². The Labute approximate surface area is 146 Å². The van der Waals surface area contributed by atoms with E-state index in [1.807, 2.05) is 12.1 Å². The van der Waals surface area contributed by atoms with Crippen molar-refractivity contribution < 1.29 is 18.0 Å². The summed E-state index contributed by atoms with van der Waals surface area (Å²) in [5.74, 6) is -0.864. The van der Waals surface area contributed by atoms with E-state index in [9.17, 15) is 18.0 Å². The van der Waals surface area contributed by atoms with Gasteiger partial charge >= 0.3 is 6.18 Å². The first kappa shape index (κ1) is 16.6. The summed E-state index contributed by atoms with van der Waals surface area (Å²) in [5.41, 5.74) is 1.44. The third-order valence-corrected chi connectivity index (χ3v) is 4.72. The predicted octanol–water partition coefficient (Wildman–Crippen LogP) is 2.81. The molecule has 0 radical (unpaired) electrons. The molecule has 136 valence electrons. The summed E-state index contributed by atoms with van der Waals surface area (Å²) < 4.78 is 40.2. The van der Waals surface area contributed by atoms with Gasteiger partial charge in [-0.2, -0.15) is 13.2 Å². The molecule has 0 aliphatic carbocycles. The average Bonchev–Trinajstić information content (AvgIpc) is 3.24. The van der Waals surface area contributed by atoms with Crippen molar-refractivity contribution >= 4 is 16.8 Å². The van der Waals surface area contributed by atoms with Crippen LogP contribution in [0.25, 0.3) is 10.9 Å². The van der Waals surface area contributed by atoms with E-state index in [2.05, 4.69) is 20.5 Å². The Hall–Kier alpha value is -2.84. The SMILES string of the molecule is O=C(NCc1nnc2n1CC[C@@H](C(F)(F)F)C2)c1ccc2[nH]ccc2c1. The predicted molar refractivity (Wildman–Crippen MR) is 87.4 cm³/mol. The molecular weight excluding hydrogens is 347 g/mol. The van der Waals surface area contributed by atoms with Gasteiger partial charge in [0.15, 0.2) is 5.82 Å². The summed E-state index contributed by atoms with van der Waals surface area (Å²) in [4.78, 5) is 15.4. The number of H-pyrrole nitrogens is 1. The van der Waals surface area contributed by atoms with E-state index in [-0.39, 0.29) is 31.8 Å². The van der Waals surface area contributed by atoms with Crippen molar-refractivity contribution in [2.45, 2.75) is 32.1 Å².